The van der Waals surface area contributed by atoms with E-state index < -0.39 is 0 Å². The van der Waals surface area contributed by atoms with Gasteiger partial charge in [-0.1, -0.05) is 12.5 Å². The van der Waals surface area contributed by atoms with Crippen LogP contribution in [0.15, 0.2) is 23.6 Å². The van der Waals surface area contributed by atoms with E-state index in [2.05, 4.69) is 27.3 Å². The van der Waals surface area contributed by atoms with Crippen LogP contribution in [0.2, 0.25) is 0 Å². The lowest BCUT2D eigenvalue weighted by atomic mass is 9.98. The zero-order chi connectivity index (χ0) is 20.5. The van der Waals surface area contributed by atoms with Gasteiger partial charge in [-0.2, -0.15) is 0 Å². The first kappa shape index (κ1) is 19.7. The van der Waals surface area contributed by atoms with Crippen LogP contribution in [0.25, 0.3) is 11.3 Å². The minimum atomic E-state index is 0.0115. The number of likely N-dealkylation sites (tertiary alicyclic amines) is 1. The molecule has 7 heteroatoms. The Morgan fingerprint density at radius 3 is 2.73 bits per heavy atom. The molecule has 1 aliphatic carbocycles. The van der Waals surface area contributed by atoms with Crippen molar-refractivity contribution in [1.29, 1.82) is 0 Å². The molecule has 0 bridgehead atoms. The molecule has 2 amide bonds. The number of hydrogen-bond donors (Lipinski definition) is 1. The number of aryl methyl sites for hydroxylation is 1. The van der Waals surface area contributed by atoms with Gasteiger partial charge < -0.3 is 10.2 Å². The highest BCUT2D eigenvalue weighted by Crippen LogP contribution is 2.37. The van der Waals surface area contributed by atoms with Gasteiger partial charge in [-0.3, -0.25) is 14.5 Å². The highest BCUT2D eigenvalue weighted by Gasteiger charge is 2.35. The van der Waals surface area contributed by atoms with Gasteiger partial charge in [0.25, 0.3) is 0 Å². The van der Waals surface area contributed by atoms with Gasteiger partial charge in [0.05, 0.1) is 12.2 Å². The SMILES string of the molecule is O=C(CN1CCCCC1)Nc1nc(-c2ccc3c(c2)CCCN3C(=O)C2CC2)cs1. The fraction of sp³-hybridized carbons (Fsp3) is 0.522. The predicted molar refractivity (Wildman–Crippen MR) is 120 cm³/mol. The highest BCUT2D eigenvalue weighted by atomic mass is 32.1. The summed E-state index contributed by atoms with van der Waals surface area (Å²) in [4.78, 5) is 33.8. The van der Waals surface area contributed by atoms with Gasteiger partial charge in [-0.15, -0.1) is 11.3 Å². The van der Waals surface area contributed by atoms with Crippen LogP contribution >= 0.6 is 11.3 Å². The van der Waals surface area contributed by atoms with Gasteiger partial charge in [-0.25, -0.2) is 4.98 Å². The minimum absolute atomic E-state index is 0.0115. The number of benzene rings is 1. The third-order valence-electron chi connectivity index (χ3n) is 6.25. The van der Waals surface area contributed by atoms with Crippen molar-refractivity contribution < 1.29 is 9.59 Å². The molecule has 0 atom stereocenters. The van der Waals surface area contributed by atoms with E-state index in [1.165, 1.54) is 36.2 Å². The zero-order valence-electron chi connectivity index (χ0n) is 17.2. The van der Waals surface area contributed by atoms with Crippen molar-refractivity contribution in [3.63, 3.8) is 0 Å². The molecule has 0 radical (unpaired) electrons. The molecule has 2 fully saturated rings. The molecule has 1 aromatic carbocycles. The maximum atomic E-state index is 12.6. The number of carbonyl (C=O) groups is 2. The Labute approximate surface area is 181 Å². The van der Waals surface area contributed by atoms with Crippen molar-refractivity contribution in [1.82, 2.24) is 9.88 Å². The molecule has 1 aromatic heterocycles. The lowest BCUT2D eigenvalue weighted by Gasteiger charge is -2.30. The molecular weight excluding hydrogens is 396 g/mol. The average Bonchev–Trinajstić information content (AvgIpc) is 3.52. The van der Waals surface area contributed by atoms with E-state index in [-0.39, 0.29) is 17.7 Å². The molecule has 3 heterocycles. The summed E-state index contributed by atoms with van der Waals surface area (Å²) in [6.07, 6.45) is 7.68. The number of nitrogens with zero attached hydrogens (tertiary/aromatic N) is 3. The number of rotatable bonds is 5. The van der Waals surface area contributed by atoms with E-state index in [4.69, 9.17) is 0 Å². The van der Waals surface area contributed by atoms with Gasteiger partial charge in [0.2, 0.25) is 11.8 Å². The van der Waals surface area contributed by atoms with Gasteiger partial charge >= 0.3 is 0 Å². The Hall–Kier alpha value is -2.25. The highest BCUT2D eigenvalue weighted by molar-refractivity contribution is 7.14. The number of hydrogen-bond acceptors (Lipinski definition) is 5. The van der Waals surface area contributed by atoms with Gasteiger partial charge in [0.15, 0.2) is 5.13 Å². The first-order valence-electron chi connectivity index (χ1n) is 11.1. The van der Waals surface area contributed by atoms with Crippen LogP contribution in [0, 0.1) is 5.92 Å². The minimum Gasteiger partial charge on any atom is -0.312 e. The molecule has 5 rings (SSSR count). The van der Waals surface area contributed by atoms with Crippen LogP contribution in [-0.2, 0) is 16.0 Å². The van der Waals surface area contributed by atoms with Crippen molar-refractivity contribution in [3.8, 4) is 11.3 Å². The van der Waals surface area contributed by atoms with Crippen LogP contribution < -0.4 is 10.2 Å². The summed E-state index contributed by atoms with van der Waals surface area (Å²) in [6, 6.07) is 6.28. The Bertz CT molecular complexity index is 946. The van der Waals surface area contributed by atoms with Crippen molar-refractivity contribution in [2.24, 2.45) is 5.92 Å². The molecule has 2 aromatic rings. The first-order chi connectivity index (χ1) is 14.7. The second-order valence-electron chi connectivity index (χ2n) is 8.63. The maximum Gasteiger partial charge on any atom is 0.240 e. The molecule has 158 valence electrons. The summed E-state index contributed by atoms with van der Waals surface area (Å²) in [5.41, 5.74) is 4.20. The summed E-state index contributed by atoms with van der Waals surface area (Å²) in [5.74, 6) is 0.541. The Morgan fingerprint density at radius 1 is 1.10 bits per heavy atom. The van der Waals surface area contributed by atoms with E-state index in [9.17, 15) is 9.59 Å². The maximum absolute atomic E-state index is 12.6. The number of anilines is 2. The van der Waals surface area contributed by atoms with E-state index in [0.717, 1.165) is 62.3 Å². The number of nitrogens with one attached hydrogen (secondary N) is 1. The monoisotopic (exact) mass is 424 g/mol. The van der Waals surface area contributed by atoms with Crippen LogP contribution in [0.1, 0.15) is 44.1 Å². The lowest BCUT2D eigenvalue weighted by molar-refractivity contribution is -0.120. The third-order valence-corrected chi connectivity index (χ3v) is 7.01. The van der Waals surface area contributed by atoms with Gasteiger partial charge in [0, 0.05) is 29.1 Å². The Kier molecular flexibility index (Phi) is 5.56. The molecule has 30 heavy (non-hydrogen) atoms. The van der Waals surface area contributed by atoms with Crippen LogP contribution in [0.5, 0.6) is 0 Å². The largest absolute Gasteiger partial charge is 0.312 e. The van der Waals surface area contributed by atoms with Gasteiger partial charge in [0.1, 0.15) is 0 Å². The second kappa shape index (κ2) is 8.47. The Morgan fingerprint density at radius 2 is 1.93 bits per heavy atom. The van der Waals surface area contributed by atoms with Crippen molar-refractivity contribution in [2.45, 2.75) is 44.9 Å². The standard InChI is InChI=1S/C23H28N4O2S/c28-21(14-26-10-2-1-3-11-26)25-23-24-19(15-30-23)17-8-9-20-18(13-17)5-4-12-27(20)22(29)16-6-7-16/h8-9,13,15-16H,1-7,10-12,14H2,(H,24,25,28). The quantitative estimate of drug-likeness (QED) is 0.790. The van der Waals surface area contributed by atoms with Crippen molar-refractivity contribution >= 4 is 34.0 Å². The molecule has 0 unspecified atom stereocenters. The van der Waals surface area contributed by atoms with Crippen LogP contribution in [0.4, 0.5) is 10.8 Å². The molecule has 1 saturated heterocycles. The van der Waals surface area contributed by atoms with E-state index in [1.807, 2.05) is 16.3 Å². The number of carbonyl (C=O) groups excluding carboxylic acids is 2. The molecule has 0 spiro atoms. The number of piperidine rings is 1. The summed E-state index contributed by atoms with van der Waals surface area (Å²) >= 11 is 1.46. The zero-order valence-corrected chi connectivity index (χ0v) is 18.0. The molecular formula is C23H28N4O2S. The molecule has 6 nitrogen and oxygen atoms in total. The Balaban J connectivity index is 1.27. The van der Waals surface area contributed by atoms with Crippen LogP contribution in [0.3, 0.4) is 0 Å². The number of amides is 2. The summed E-state index contributed by atoms with van der Waals surface area (Å²) in [5, 5.41) is 5.60. The van der Waals surface area contributed by atoms with E-state index in [0.29, 0.717) is 11.7 Å². The number of aromatic nitrogens is 1. The molecule has 1 saturated carbocycles. The second-order valence-corrected chi connectivity index (χ2v) is 9.49. The fourth-order valence-corrected chi connectivity index (χ4v) is 5.22. The predicted octanol–water partition coefficient (Wildman–Crippen LogP) is 3.92. The lowest BCUT2D eigenvalue weighted by Crippen LogP contribution is -2.36. The normalized spacial score (nSPS) is 19.4. The molecule has 3 aliphatic rings. The van der Waals surface area contributed by atoms with Gasteiger partial charge in [-0.05, 0) is 69.3 Å². The molecule has 2 aliphatic heterocycles. The molecule has 1 N–H and O–H groups in total. The first-order valence-corrected chi connectivity index (χ1v) is 12.0. The average molecular weight is 425 g/mol. The van der Waals surface area contributed by atoms with Crippen molar-refractivity contribution in [2.75, 3.05) is 36.4 Å². The van der Waals surface area contributed by atoms with Crippen molar-refractivity contribution in [3.05, 3.63) is 29.1 Å². The topological polar surface area (TPSA) is 65.5 Å². The third kappa shape index (κ3) is 4.27. The van der Waals surface area contributed by atoms with Crippen LogP contribution in [-0.4, -0.2) is 47.9 Å². The van der Waals surface area contributed by atoms with E-state index in [1.54, 1.807) is 0 Å². The summed E-state index contributed by atoms with van der Waals surface area (Å²) in [6.45, 7) is 3.28. The smallest absolute Gasteiger partial charge is 0.240 e. The summed E-state index contributed by atoms with van der Waals surface area (Å²) < 4.78 is 0. The van der Waals surface area contributed by atoms with E-state index >= 15 is 0 Å². The number of fused-ring (bicyclic) bond motifs is 1. The fourth-order valence-electron chi connectivity index (χ4n) is 4.48. The summed E-state index contributed by atoms with van der Waals surface area (Å²) in [7, 11) is 0. The number of thiazole rings is 1.